The van der Waals surface area contributed by atoms with E-state index in [1.807, 2.05) is 25.1 Å². The third-order valence-corrected chi connectivity index (χ3v) is 6.93. The second kappa shape index (κ2) is 8.28. The molecule has 7 nitrogen and oxygen atoms in total. The molecule has 1 atom stereocenters. The number of carbonyl (C=O) groups excluding carboxylic acids is 2. The topological polar surface area (TPSA) is 80.8 Å². The molecule has 0 radical (unpaired) electrons. The molecule has 1 saturated carbocycles. The molecule has 1 unspecified atom stereocenters. The predicted octanol–water partition coefficient (Wildman–Crippen LogP) is 2.98. The van der Waals surface area contributed by atoms with Gasteiger partial charge in [0, 0.05) is 32.0 Å². The van der Waals surface area contributed by atoms with Crippen LogP contribution in [-0.4, -0.2) is 50.2 Å². The van der Waals surface area contributed by atoms with Crippen molar-refractivity contribution >= 4 is 38.5 Å². The van der Waals surface area contributed by atoms with E-state index in [0.29, 0.717) is 31.4 Å². The Balaban J connectivity index is 1.41. The first kappa shape index (κ1) is 20.1. The van der Waals surface area contributed by atoms with E-state index in [-0.39, 0.29) is 29.6 Å². The highest BCUT2D eigenvalue weighted by molar-refractivity contribution is 7.22. The van der Waals surface area contributed by atoms with Crippen LogP contribution in [0.25, 0.3) is 10.2 Å². The van der Waals surface area contributed by atoms with Crippen LogP contribution in [0, 0.1) is 11.3 Å². The molecule has 156 valence electrons. The maximum Gasteiger partial charge on any atom is 0.229 e. The summed E-state index contributed by atoms with van der Waals surface area (Å²) in [6.45, 7) is 4.20. The Kier molecular flexibility index (Phi) is 5.74. The van der Waals surface area contributed by atoms with Crippen LogP contribution >= 0.6 is 11.3 Å². The van der Waals surface area contributed by atoms with Crippen molar-refractivity contribution in [2.45, 2.75) is 32.6 Å². The molecule has 1 aliphatic heterocycles. The number of benzene rings is 1. The molecule has 1 aromatic heterocycles. The third-order valence-electron chi connectivity index (χ3n) is 5.89. The third kappa shape index (κ3) is 4.09. The zero-order valence-electron chi connectivity index (χ0n) is 16.9. The summed E-state index contributed by atoms with van der Waals surface area (Å²) in [5.41, 5.74) is 0.901. The maximum atomic E-state index is 12.7. The standard InChI is InChI=1S/C21H27N3O4S/c1-3-28-15-5-6-16-17(10-15)29-20(23-16)24-11-14(9-18(24)25)19(26)22-12-21(13-27-2)7-4-8-21/h5-6,10,14H,3-4,7-9,11-13H2,1-2H3,(H,22,26). The lowest BCUT2D eigenvalue weighted by molar-refractivity contribution is -0.127. The Morgan fingerprint density at radius 1 is 1.41 bits per heavy atom. The molecule has 0 bridgehead atoms. The van der Waals surface area contributed by atoms with Crippen molar-refractivity contribution in [3.8, 4) is 5.75 Å². The summed E-state index contributed by atoms with van der Waals surface area (Å²) in [4.78, 5) is 31.5. The number of hydrogen-bond acceptors (Lipinski definition) is 6. The SMILES string of the molecule is CCOc1ccc2nc(N3CC(C(=O)NCC4(COC)CCC4)CC3=O)sc2c1. The van der Waals surface area contributed by atoms with Crippen LogP contribution in [0.4, 0.5) is 5.13 Å². The average molecular weight is 418 g/mol. The smallest absolute Gasteiger partial charge is 0.229 e. The molecule has 1 aliphatic carbocycles. The van der Waals surface area contributed by atoms with Gasteiger partial charge in [0.15, 0.2) is 5.13 Å². The minimum absolute atomic E-state index is 0.0514. The fourth-order valence-corrected chi connectivity index (χ4v) is 5.13. The van der Waals surface area contributed by atoms with E-state index in [9.17, 15) is 9.59 Å². The molecule has 0 spiro atoms. The Labute approximate surface area is 174 Å². The van der Waals surface area contributed by atoms with E-state index in [0.717, 1.165) is 28.8 Å². The van der Waals surface area contributed by atoms with Crippen LogP contribution < -0.4 is 15.0 Å². The molecule has 2 aliphatic rings. The van der Waals surface area contributed by atoms with Gasteiger partial charge in [0.1, 0.15) is 5.75 Å². The number of ether oxygens (including phenoxy) is 2. The molecule has 2 amide bonds. The molecule has 8 heteroatoms. The van der Waals surface area contributed by atoms with Crippen molar-refractivity contribution in [2.75, 3.05) is 38.3 Å². The highest BCUT2D eigenvalue weighted by atomic mass is 32.1. The fourth-order valence-electron chi connectivity index (χ4n) is 4.11. The molecule has 1 saturated heterocycles. The van der Waals surface area contributed by atoms with Crippen molar-refractivity contribution in [1.29, 1.82) is 0 Å². The minimum Gasteiger partial charge on any atom is -0.494 e. The quantitative estimate of drug-likeness (QED) is 0.714. The van der Waals surface area contributed by atoms with Crippen molar-refractivity contribution < 1.29 is 19.1 Å². The summed E-state index contributed by atoms with van der Waals surface area (Å²) >= 11 is 1.45. The van der Waals surface area contributed by atoms with E-state index in [1.165, 1.54) is 17.8 Å². The second-order valence-corrected chi connectivity index (χ2v) is 8.98. The number of thiazole rings is 1. The van der Waals surface area contributed by atoms with E-state index in [1.54, 1.807) is 12.0 Å². The van der Waals surface area contributed by atoms with Crippen LogP contribution in [0.5, 0.6) is 5.75 Å². The van der Waals surface area contributed by atoms with Gasteiger partial charge in [0.2, 0.25) is 11.8 Å². The summed E-state index contributed by atoms with van der Waals surface area (Å²) in [6, 6.07) is 5.73. The lowest BCUT2D eigenvalue weighted by Crippen LogP contribution is -2.46. The molecular formula is C21H27N3O4S. The molecular weight excluding hydrogens is 390 g/mol. The molecule has 4 rings (SSSR count). The molecule has 1 aromatic carbocycles. The summed E-state index contributed by atoms with van der Waals surface area (Å²) in [5, 5.41) is 3.70. The first-order chi connectivity index (χ1) is 14.0. The fraction of sp³-hybridized carbons (Fsp3) is 0.571. The van der Waals surface area contributed by atoms with Crippen molar-refractivity contribution in [1.82, 2.24) is 10.3 Å². The zero-order chi connectivity index (χ0) is 20.4. The molecule has 2 heterocycles. The Bertz CT molecular complexity index is 908. The lowest BCUT2D eigenvalue weighted by atomic mass is 9.69. The number of nitrogens with zero attached hydrogens (tertiary/aromatic N) is 2. The van der Waals surface area contributed by atoms with E-state index >= 15 is 0 Å². The number of nitrogens with one attached hydrogen (secondary N) is 1. The summed E-state index contributed by atoms with van der Waals surface area (Å²) in [7, 11) is 1.70. The highest BCUT2D eigenvalue weighted by Gasteiger charge is 2.40. The molecule has 2 aromatic rings. The van der Waals surface area contributed by atoms with Crippen LogP contribution in [0.3, 0.4) is 0 Å². The van der Waals surface area contributed by atoms with E-state index < -0.39 is 0 Å². The zero-order valence-corrected chi connectivity index (χ0v) is 17.7. The molecule has 29 heavy (non-hydrogen) atoms. The van der Waals surface area contributed by atoms with Crippen LogP contribution in [-0.2, 0) is 14.3 Å². The van der Waals surface area contributed by atoms with Gasteiger partial charge in [-0.15, -0.1) is 0 Å². The van der Waals surface area contributed by atoms with Crippen LogP contribution in [0.2, 0.25) is 0 Å². The Morgan fingerprint density at radius 3 is 2.93 bits per heavy atom. The monoisotopic (exact) mass is 417 g/mol. The van der Waals surface area contributed by atoms with Crippen molar-refractivity contribution in [3.63, 3.8) is 0 Å². The number of fused-ring (bicyclic) bond motifs is 1. The minimum atomic E-state index is -0.340. The van der Waals surface area contributed by atoms with Gasteiger partial charge in [0.25, 0.3) is 0 Å². The number of methoxy groups -OCH3 is 1. The van der Waals surface area contributed by atoms with Gasteiger partial charge >= 0.3 is 0 Å². The van der Waals surface area contributed by atoms with Crippen LogP contribution in [0.1, 0.15) is 32.6 Å². The summed E-state index contributed by atoms with van der Waals surface area (Å²) in [6.07, 6.45) is 3.55. The van der Waals surface area contributed by atoms with E-state index in [2.05, 4.69) is 10.3 Å². The summed E-state index contributed by atoms with van der Waals surface area (Å²) < 4.78 is 11.8. The number of carbonyl (C=O) groups is 2. The normalized spacial score (nSPS) is 20.7. The van der Waals surface area contributed by atoms with Gasteiger partial charge in [-0.3, -0.25) is 14.5 Å². The summed E-state index contributed by atoms with van der Waals surface area (Å²) in [5.74, 6) is 0.349. The first-order valence-corrected chi connectivity index (χ1v) is 11.0. The maximum absolute atomic E-state index is 12.7. The first-order valence-electron chi connectivity index (χ1n) is 10.1. The predicted molar refractivity (Wildman–Crippen MR) is 112 cm³/mol. The highest BCUT2D eigenvalue weighted by Crippen LogP contribution is 2.40. The average Bonchev–Trinajstić information content (AvgIpc) is 3.26. The van der Waals surface area contributed by atoms with Gasteiger partial charge in [-0.1, -0.05) is 17.8 Å². The van der Waals surface area contributed by atoms with Crippen molar-refractivity contribution in [2.24, 2.45) is 11.3 Å². The number of rotatable bonds is 8. The Hall–Kier alpha value is -2.19. The van der Waals surface area contributed by atoms with Crippen LogP contribution in [0.15, 0.2) is 18.2 Å². The van der Waals surface area contributed by atoms with Gasteiger partial charge in [-0.25, -0.2) is 4.98 Å². The van der Waals surface area contributed by atoms with E-state index in [4.69, 9.17) is 9.47 Å². The number of aromatic nitrogens is 1. The number of anilines is 1. The Morgan fingerprint density at radius 2 is 2.24 bits per heavy atom. The number of hydrogen-bond donors (Lipinski definition) is 1. The second-order valence-electron chi connectivity index (χ2n) is 7.97. The van der Waals surface area contributed by atoms with Gasteiger partial charge < -0.3 is 14.8 Å². The van der Waals surface area contributed by atoms with Gasteiger partial charge in [-0.2, -0.15) is 0 Å². The molecule has 2 fully saturated rings. The van der Waals surface area contributed by atoms with Gasteiger partial charge in [0.05, 0.1) is 29.3 Å². The van der Waals surface area contributed by atoms with Crippen molar-refractivity contribution in [3.05, 3.63) is 18.2 Å². The van der Waals surface area contributed by atoms with Gasteiger partial charge in [-0.05, 0) is 38.0 Å². The lowest BCUT2D eigenvalue weighted by Gasteiger charge is -2.41. The number of amides is 2. The molecule has 1 N–H and O–H groups in total. The largest absolute Gasteiger partial charge is 0.494 e.